The molecule has 0 aliphatic rings. The Labute approximate surface area is 177 Å². The maximum atomic E-state index is 12.5. The number of carbonyl (C=O) groups is 1. The molecule has 0 aliphatic carbocycles. The zero-order valence-corrected chi connectivity index (χ0v) is 17.4. The third kappa shape index (κ3) is 6.88. The molecular weight excluding hydrogens is 383 g/mol. The van der Waals surface area contributed by atoms with Crippen molar-refractivity contribution in [3.8, 4) is 11.5 Å². The second-order valence-electron chi connectivity index (χ2n) is 6.34. The Bertz CT molecular complexity index is 894. The molecule has 0 saturated carbocycles. The van der Waals surface area contributed by atoms with Gasteiger partial charge in [-0.25, -0.2) is 9.38 Å². The molecule has 0 unspecified atom stereocenters. The summed E-state index contributed by atoms with van der Waals surface area (Å²) in [6.07, 6.45) is 4.31. The van der Waals surface area contributed by atoms with Crippen LogP contribution in [0.2, 0.25) is 0 Å². The molecule has 0 spiro atoms. The molecular formula is C24H27FN2O3. The molecule has 2 rings (SSSR count). The second-order valence-corrected chi connectivity index (χ2v) is 6.34. The fourth-order valence-corrected chi connectivity index (χ4v) is 2.59. The molecule has 0 atom stereocenters. The zero-order chi connectivity index (χ0) is 21.8. The Balaban J connectivity index is 2.31. The van der Waals surface area contributed by atoms with Crippen molar-refractivity contribution in [2.75, 3.05) is 13.3 Å². The Morgan fingerprint density at radius 2 is 1.87 bits per heavy atom. The molecule has 0 heterocycles. The van der Waals surface area contributed by atoms with Gasteiger partial charge in [-0.3, -0.25) is 4.79 Å². The van der Waals surface area contributed by atoms with E-state index in [-0.39, 0.29) is 25.0 Å². The summed E-state index contributed by atoms with van der Waals surface area (Å²) in [5.41, 5.74) is 1.04. The molecule has 5 nitrogen and oxygen atoms in total. The first-order chi connectivity index (χ1) is 14.6. The van der Waals surface area contributed by atoms with Gasteiger partial charge in [0.2, 0.25) is 11.8 Å². The summed E-state index contributed by atoms with van der Waals surface area (Å²) in [6.45, 7) is 7.03. The van der Waals surface area contributed by atoms with E-state index in [1.165, 1.54) is 11.8 Å². The van der Waals surface area contributed by atoms with Crippen LogP contribution < -0.4 is 9.47 Å². The minimum atomic E-state index is -0.594. The number of allylic oxidation sites excluding steroid dienone is 1. The van der Waals surface area contributed by atoms with Gasteiger partial charge in [0.25, 0.3) is 0 Å². The summed E-state index contributed by atoms with van der Waals surface area (Å²) in [5.74, 6) is 1.08. The number of benzene rings is 2. The van der Waals surface area contributed by atoms with Gasteiger partial charge in [0, 0.05) is 18.7 Å². The van der Waals surface area contributed by atoms with E-state index in [1.807, 2.05) is 43.3 Å². The van der Waals surface area contributed by atoms with Crippen LogP contribution >= 0.6 is 0 Å². The Morgan fingerprint density at radius 1 is 1.17 bits per heavy atom. The summed E-state index contributed by atoms with van der Waals surface area (Å²) in [4.78, 5) is 18.3. The number of hydrogen-bond acceptors (Lipinski definition) is 4. The van der Waals surface area contributed by atoms with Crippen molar-refractivity contribution in [1.29, 1.82) is 0 Å². The van der Waals surface area contributed by atoms with E-state index in [9.17, 15) is 9.18 Å². The van der Waals surface area contributed by atoms with Crippen LogP contribution in [0.4, 0.5) is 4.39 Å². The lowest BCUT2D eigenvalue weighted by Gasteiger charge is -2.25. The highest BCUT2D eigenvalue weighted by atomic mass is 19.1. The molecule has 0 fully saturated rings. The van der Waals surface area contributed by atoms with Crippen LogP contribution in [0.25, 0.3) is 0 Å². The van der Waals surface area contributed by atoms with E-state index < -0.39 is 6.67 Å². The Hall–Kier alpha value is -3.41. The van der Waals surface area contributed by atoms with Gasteiger partial charge in [-0.05, 0) is 24.6 Å². The first-order valence-corrected chi connectivity index (χ1v) is 9.76. The lowest BCUT2D eigenvalue weighted by molar-refractivity contribution is -0.127. The summed E-state index contributed by atoms with van der Waals surface area (Å²) in [5, 5.41) is 0. The first-order valence-electron chi connectivity index (χ1n) is 9.76. The second kappa shape index (κ2) is 12.2. The van der Waals surface area contributed by atoms with E-state index in [2.05, 4.69) is 11.6 Å². The average Bonchev–Trinajstić information content (AvgIpc) is 2.76. The smallest absolute Gasteiger partial charge is 0.242 e. The van der Waals surface area contributed by atoms with Crippen LogP contribution in [0.5, 0.6) is 11.5 Å². The summed E-state index contributed by atoms with van der Waals surface area (Å²) < 4.78 is 23.9. The predicted octanol–water partition coefficient (Wildman–Crippen LogP) is 5.30. The number of alkyl halides is 1. The van der Waals surface area contributed by atoms with E-state index in [1.54, 1.807) is 30.5 Å². The van der Waals surface area contributed by atoms with Gasteiger partial charge < -0.3 is 14.4 Å². The van der Waals surface area contributed by atoms with Gasteiger partial charge in [0.05, 0.1) is 12.2 Å². The standard InChI is InChI=1S/C24H27FN2O3/c1-4-5-16-26-24(30-22-12-7-6-8-13-22)19(2)27(20(3)28)18-21-11-9-10-14-23(21)29-17-15-25/h5-14,16H,2,4,15,17-18H2,1,3H3. The number of rotatable bonds is 10. The van der Waals surface area contributed by atoms with Gasteiger partial charge in [0.1, 0.15) is 24.8 Å². The number of hydrogen-bond donors (Lipinski definition) is 0. The molecule has 0 aromatic heterocycles. The molecule has 0 N–H and O–H groups in total. The van der Waals surface area contributed by atoms with Crippen molar-refractivity contribution < 1.29 is 18.7 Å². The lowest BCUT2D eigenvalue weighted by atomic mass is 10.1. The molecule has 0 bridgehead atoms. The van der Waals surface area contributed by atoms with Crippen LogP contribution in [0, 0.1) is 0 Å². The first kappa shape index (κ1) is 22.9. The Morgan fingerprint density at radius 3 is 2.53 bits per heavy atom. The Kier molecular flexibility index (Phi) is 9.31. The fraction of sp³-hybridized carbons (Fsp3) is 0.250. The minimum absolute atomic E-state index is 0.0519. The van der Waals surface area contributed by atoms with Crippen LogP contribution in [0.3, 0.4) is 0 Å². The van der Waals surface area contributed by atoms with Crippen LogP contribution in [0.15, 0.2) is 84.1 Å². The quantitative estimate of drug-likeness (QED) is 0.395. The topological polar surface area (TPSA) is 51.1 Å². The number of carbonyl (C=O) groups excluding carboxylic acids is 1. The number of halogens is 1. The number of aliphatic imine (C=N–C) groups is 1. The minimum Gasteiger partial charge on any atom is -0.491 e. The maximum absolute atomic E-state index is 12.5. The number of amides is 1. The molecule has 1 amide bonds. The van der Waals surface area contributed by atoms with Crippen molar-refractivity contribution >= 4 is 11.8 Å². The zero-order valence-electron chi connectivity index (χ0n) is 17.4. The number of ether oxygens (including phenoxy) is 2. The lowest BCUT2D eigenvalue weighted by Crippen LogP contribution is -2.33. The van der Waals surface area contributed by atoms with E-state index >= 15 is 0 Å². The van der Waals surface area contributed by atoms with Crippen LogP contribution in [-0.2, 0) is 11.3 Å². The molecule has 0 aliphatic heterocycles. The van der Waals surface area contributed by atoms with Gasteiger partial charge in [-0.1, -0.05) is 56.0 Å². The highest BCUT2D eigenvalue weighted by Gasteiger charge is 2.21. The highest BCUT2D eigenvalue weighted by molar-refractivity contribution is 5.98. The number of para-hydroxylation sites is 2. The van der Waals surface area contributed by atoms with Gasteiger partial charge in [-0.2, -0.15) is 0 Å². The van der Waals surface area contributed by atoms with Gasteiger partial charge >= 0.3 is 0 Å². The summed E-state index contributed by atoms with van der Waals surface area (Å²) >= 11 is 0. The molecule has 158 valence electrons. The molecule has 0 radical (unpaired) electrons. The summed E-state index contributed by atoms with van der Waals surface area (Å²) in [7, 11) is 0. The molecule has 30 heavy (non-hydrogen) atoms. The van der Waals surface area contributed by atoms with Crippen molar-refractivity contribution in [3.63, 3.8) is 0 Å². The van der Waals surface area contributed by atoms with Gasteiger partial charge in [0.15, 0.2) is 0 Å². The number of nitrogens with zero attached hydrogens (tertiary/aromatic N) is 2. The molecule has 2 aromatic rings. The summed E-state index contributed by atoms with van der Waals surface area (Å²) in [6, 6.07) is 16.4. The van der Waals surface area contributed by atoms with Crippen molar-refractivity contribution in [2.45, 2.75) is 26.8 Å². The third-order valence-electron chi connectivity index (χ3n) is 4.08. The third-order valence-corrected chi connectivity index (χ3v) is 4.08. The molecule has 0 saturated heterocycles. The largest absolute Gasteiger partial charge is 0.491 e. The SMILES string of the molecule is C=C(C(=NC=CCC)Oc1ccccc1)N(Cc1ccccc1OCCF)C(C)=O. The average molecular weight is 410 g/mol. The molecule has 6 heteroatoms. The molecule has 2 aromatic carbocycles. The van der Waals surface area contributed by atoms with E-state index in [0.717, 1.165) is 12.0 Å². The fourth-order valence-electron chi connectivity index (χ4n) is 2.59. The highest BCUT2D eigenvalue weighted by Crippen LogP contribution is 2.23. The van der Waals surface area contributed by atoms with Crippen LogP contribution in [0.1, 0.15) is 25.8 Å². The van der Waals surface area contributed by atoms with Crippen LogP contribution in [-0.4, -0.2) is 30.0 Å². The normalized spacial score (nSPS) is 11.4. The van der Waals surface area contributed by atoms with E-state index in [0.29, 0.717) is 17.2 Å². The predicted molar refractivity (Wildman–Crippen MR) is 117 cm³/mol. The van der Waals surface area contributed by atoms with E-state index in [4.69, 9.17) is 9.47 Å². The monoisotopic (exact) mass is 410 g/mol. The van der Waals surface area contributed by atoms with Crippen molar-refractivity contribution in [1.82, 2.24) is 4.90 Å². The van der Waals surface area contributed by atoms with Crippen molar-refractivity contribution in [2.24, 2.45) is 4.99 Å². The van der Waals surface area contributed by atoms with Crippen molar-refractivity contribution in [3.05, 3.63) is 84.7 Å². The van der Waals surface area contributed by atoms with Gasteiger partial charge in [-0.15, -0.1) is 0 Å². The maximum Gasteiger partial charge on any atom is 0.242 e.